The van der Waals surface area contributed by atoms with E-state index in [1.807, 2.05) is 6.07 Å². The molecule has 1 saturated carbocycles. The minimum atomic E-state index is -0.157. The van der Waals surface area contributed by atoms with Crippen LogP contribution in [0.5, 0.6) is 5.75 Å². The maximum Gasteiger partial charge on any atom is 0.142 e. The van der Waals surface area contributed by atoms with Gasteiger partial charge in [0.05, 0.1) is 12.6 Å². The van der Waals surface area contributed by atoms with Crippen molar-refractivity contribution in [2.45, 2.75) is 38.1 Å². The molecule has 2 aromatic rings. The Hall–Kier alpha value is -1.48. The number of aromatic nitrogens is 1. The first-order chi connectivity index (χ1) is 8.65. The summed E-state index contributed by atoms with van der Waals surface area (Å²) in [5.74, 6) is 0.892. The zero-order valence-corrected chi connectivity index (χ0v) is 11.0. The van der Waals surface area contributed by atoms with Crippen LogP contribution in [-0.4, -0.2) is 12.1 Å². The largest absolute Gasteiger partial charge is 0.495 e. The second-order valence-electron chi connectivity index (χ2n) is 5.40. The molecule has 96 valence electrons. The molecule has 0 aliphatic heterocycles. The van der Waals surface area contributed by atoms with E-state index < -0.39 is 0 Å². The second kappa shape index (κ2) is 4.02. The van der Waals surface area contributed by atoms with Gasteiger partial charge >= 0.3 is 0 Å². The van der Waals surface area contributed by atoms with Crippen molar-refractivity contribution in [1.29, 1.82) is 0 Å². The molecule has 1 fully saturated rings. The Morgan fingerprint density at radius 1 is 1.28 bits per heavy atom. The molecule has 3 rings (SSSR count). The van der Waals surface area contributed by atoms with E-state index >= 15 is 0 Å². The molecule has 0 radical (unpaired) electrons. The van der Waals surface area contributed by atoms with E-state index in [9.17, 15) is 0 Å². The number of hydrogen-bond acceptors (Lipinski definition) is 2. The molecule has 0 amide bonds. The Morgan fingerprint density at radius 2 is 2.00 bits per heavy atom. The zero-order chi connectivity index (χ0) is 12.8. The molecule has 1 aromatic carbocycles. The van der Waals surface area contributed by atoms with Crippen LogP contribution in [-0.2, 0) is 5.54 Å². The number of benzene rings is 1. The Balaban J connectivity index is 2.25. The van der Waals surface area contributed by atoms with Gasteiger partial charge in [0.15, 0.2) is 0 Å². The molecule has 3 heteroatoms. The number of aryl methyl sites for hydroxylation is 1. The van der Waals surface area contributed by atoms with Gasteiger partial charge in [0.25, 0.3) is 0 Å². The summed E-state index contributed by atoms with van der Waals surface area (Å²) in [5, 5.41) is 1.25. The molecule has 0 saturated heterocycles. The van der Waals surface area contributed by atoms with E-state index in [4.69, 9.17) is 10.5 Å². The van der Waals surface area contributed by atoms with Gasteiger partial charge in [0.1, 0.15) is 5.75 Å². The molecule has 1 aliphatic rings. The van der Waals surface area contributed by atoms with E-state index in [0.717, 1.165) is 24.1 Å². The lowest BCUT2D eigenvalue weighted by molar-refractivity contribution is 0.419. The SMILES string of the molecule is COc1ccc(C)c2c(C3(N)CCCC3)c[nH]c12. The standard InChI is InChI=1S/C15H20N2O/c1-10-5-6-12(18-2)14-13(10)11(9-17-14)15(16)7-3-4-8-15/h5-6,9,17H,3-4,7-8,16H2,1-2H3. The third-order valence-electron chi connectivity index (χ3n) is 4.26. The van der Waals surface area contributed by atoms with Crippen LogP contribution < -0.4 is 10.5 Å². The third kappa shape index (κ3) is 1.54. The fourth-order valence-electron chi connectivity index (χ4n) is 3.23. The van der Waals surface area contributed by atoms with Crippen LogP contribution in [0.3, 0.4) is 0 Å². The Kier molecular flexibility index (Phi) is 2.59. The average Bonchev–Trinajstić information content (AvgIpc) is 2.97. The maximum atomic E-state index is 6.59. The number of fused-ring (bicyclic) bond motifs is 1. The van der Waals surface area contributed by atoms with Crippen molar-refractivity contribution in [3.63, 3.8) is 0 Å². The van der Waals surface area contributed by atoms with Crippen molar-refractivity contribution in [3.05, 3.63) is 29.5 Å². The van der Waals surface area contributed by atoms with Crippen molar-refractivity contribution < 1.29 is 4.74 Å². The molecular weight excluding hydrogens is 224 g/mol. The number of methoxy groups -OCH3 is 1. The molecule has 18 heavy (non-hydrogen) atoms. The van der Waals surface area contributed by atoms with Gasteiger partial charge in [-0.1, -0.05) is 18.9 Å². The number of aromatic amines is 1. The van der Waals surface area contributed by atoms with E-state index in [1.54, 1.807) is 7.11 Å². The van der Waals surface area contributed by atoms with E-state index in [1.165, 1.54) is 29.4 Å². The maximum absolute atomic E-state index is 6.59. The molecule has 1 aliphatic carbocycles. The Morgan fingerprint density at radius 3 is 2.67 bits per heavy atom. The summed E-state index contributed by atoms with van der Waals surface area (Å²) >= 11 is 0. The van der Waals surface area contributed by atoms with Crippen LogP contribution in [0, 0.1) is 6.92 Å². The summed E-state index contributed by atoms with van der Waals surface area (Å²) in [6.07, 6.45) is 6.69. The predicted octanol–water partition coefficient (Wildman–Crippen LogP) is 3.21. The summed E-state index contributed by atoms with van der Waals surface area (Å²) < 4.78 is 5.42. The number of ether oxygens (including phenoxy) is 1. The molecule has 0 atom stereocenters. The summed E-state index contributed by atoms with van der Waals surface area (Å²) in [5.41, 5.74) is 10.0. The third-order valence-corrected chi connectivity index (χ3v) is 4.26. The number of nitrogens with two attached hydrogens (primary N) is 1. The molecule has 3 N–H and O–H groups in total. The minimum absolute atomic E-state index is 0.157. The quantitative estimate of drug-likeness (QED) is 0.852. The van der Waals surface area contributed by atoms with Gasteiger partial charge in [0.2, 0.25) is 0 Å². The van der Waals surface area contributed by atoms with Crippen molar-refractivity contribution >= 4 is 10.9 Å². The van der Waals surface area contributed by atoms with E-state index in [-0.39, 0.29) is 5.54 Å². The van der Waals surface area contributed by atoms with Gasteiger partial charge in [-0.25, -0.2) is 0 Å². The van der Waals surface area contributed by atoms with Crippen LogP contribution in [0.2, 0.25) is 0 Å². The lowest BCUT2D eigenvalue weighted by Crippen LogP contribution is -2.32. The van der Waals surface area contributed by atoms with Crippen molar-refractivity contribution in [2.24, 2.45) is 5.73 Å². The highest BCUT2D eigenvalue weighted by atomic mass is 16.5. The van der Waals surface area contributed by atoms with Crippen molar-refractivity contribution in [3.8, 4) is 5.75 Å². The number of hydrogen-bond donors (Lipinski definition) is 2. The van der Waals surface area contributed by atoms with Gasteiger partial charge in [0, 0.05) is 17.1 Å². The van der Waals surface area contributed by atoms with Crippen molar-refractivity contribution in [2.75, 3.05) is 7.11 Å². The zero-order valence-electron chi connectivity index (χ0n) is 11.0. The van der Waals surface area contributed by atoms with Gasteiger partial charge in [-0.2, -0.15) is 0 Å². The molecule has 0 spiro atoms. The Bertz CT molecular complexity index is 579. The van der Waals surface area contributed by atoms with Gasteiger partial charge < -0.3 is 15.5 Å². The summed E-state index contributed by atoms with van der Waals surface area (Å²) in [6.45, 7) is 2.14. The summed E-state index contributed by atoms with van der Waals surface area (Å²) in [4.78, 5) is 3.35. The lowest BCUT2D eigenvalue weighted by Gasteiger charge is -2.23. The predicted molar refractivity (Wildman–Crippen MR) is 73.9 cm³/mol. The number of H-pyrrole nitrogens is 1. The van der Waals surface area contributed by atoms with E-state index in [2.05, 4.69) is 24.2 Å². The van der Waals surface area contributed by atoms with Crippen LogP contribution in [0.4, 0.5) is 0 Å². The Labute approximate surface area is 107 Å². The topological polar surface area (TPSA) is 51.0 Å². The van der Waals surface area contributed by atoms with Gasteiger partial charge in [-0.05, 0) is 37.0 Å². The molecular formula is C15H20N2O. The fraction of sp³-hybridized carbons (Fsp3) is 0.467. The monoisotopic (exact) mass is 244 g/mol. The van der Waals surface area contributed by atoms with Gasteiger partial charge in [-0.15, -0.1) is 0 Å². The number of nitrogens with one attached hydrogen (secondary N) is 1. The highest BCUT2D eigenvalue weighted by Crippen LogP contribution is 2.42. The van der Waals surface area contributed by atoms with Crippen molar-refractivity contribution in [1.82, 2.24) is 4.98 Å². The fourth-order valence-corrected chi connectivity index (χ4v) is 3.23. The molecule has 1 aromatic heterocycles. The molecule has 0 bridgehead atoms. The molecule has 0 unspecified atom stereocenters. The average molecular weight is 244 g/mol. The summed E-state index contributed by atoms with van der Waals surface area (Å²) in [6, 6.07) is 4.12. The summed E-state index contributed by atoms with van der Waals surface area (Å²) in [7, 11) is 1.71. The highest BCUT2D eigenvalue weighted by molar-refractivity contribution is 5.92. The second-order valence-corrected chi connectivity index (χ2v) is 5.40. The van der Waals surface area contributed by atoms with Crippen LogP contribution in [0.1, 0.15) is 36.8 Å². The van der Waals surface area contributed by atoms with Crippen LogP contribution in [0.25, 0.3) is 10.9 Å². The first-order valence-corrected chi connectivity index (χ1v) is 6.60. The normalized spacial score (nSPS) is 18.4. The number of rotatable bonds is 2. The first kappa shape index (κ1) is 11.6. The molecule has 1 heterocycles. The molecule has 3 nitrogen and oxygen atoms in total. The smallest absolute Gasteiger partial charge is 0.142 e. The van der Waals surface area contributed by atoms with E-state index in [0.29, 0.717) is 0 Å². The minimum Gasteiger partial charge on any atom is -0.495 e. The lowest BCUT2D eigenvalue weighted by atomic mass is 9.88. The van der Waals surface area contributed by atoms with Crippen LogP contribution >= 0.6 is 0 Å². The highest BCUT2D eigenvalue weighted by Gasteiger charge is 2.34. The van der Waals surface area contributed by atoms with Gasteiger partial charge in [-0.3, -0.25) is 0 Å². The first-order valence-electron chi connectivity index (χ1n) is 6.60. The van der Waals surface area contributed by atoms with Crippen LogP contribution in [0.15, 0.2) is 18.3 Å².